The average molecular weight is 562 g/mol. The van der Waals surface area contributed by atoms with Gasteiger partial charge in [-0.3, -0.25) is 0 Å². The van der Waals surface area contributed by atoms with E-state index in [1.807, 2.05) is 19.1 Å². The van der Waals surface area contributed by atoms with Crippen molar-refractivity contribution in [3.8, 4) is 17.2 Å². The Bertz CT molecular complexity index is 1330. The number of hydrogen-bond acceptors (Lipinski definition) is 4. The number of rotatable bonds is 14. The molecule has 0 bridgehead atoms. The van der Waals surface area contributed by atoms with Crippen LogP contribution in [-0.2, 0) is 0 Å². The van der Waals surface area contributed by atoms with Gasteiger partial charge in [-0.15, -0.1) is 0 Å². The molecular formula is C35H41F2NO3. The molecule has 218 valence electrons. The first-order valence-electron chi connectivity index (χ1n) is 14.5. The van der Waals surface area contributed by atoms with Gasteiger partial charge < -0.3 is 19.8 Å². The molecule has 4 nitrogen and oxygen atoms in total. The molecule has 2 N–H and O–H groups in total. The first-order chi connectivity index (χ1) is 19.8. The van der Waals surface area contributed by atoms with Crippen LogP contribution < -0.4 is 4.74 Å². The zero-order valence-corrected chi connectivity index (χ0v) is 24.0. The van der Waals surface area contributed by atoms with Crippen LogP contribution in [0.4, 0.5) is 8.78 Å². The molecule has 1 aliphatic heterocycles. The van der Waals surface area contributed by atoms with E-state index < -0.39 is 6.43 Å². The molecule has 0 saturated heterocycles. The molecule has 0 aliphatic carbocycles. The predicted octanol–water partition coefficient (Wildman–Crippen LogP) is 9.10. The molecule has 1 aliphatic rings. The van der Waals surface area contributed by atoms with E-state index >= 15 is 0 Å². The van der Waals surface area contributed by atoms with E-state index in [-0.39, 0.29) is 24.0 Å². The van der Waals surface area contributed by atoms with Crippen LogP contribution in [0.3, 0.4) is 0 Å². The zero-order chi connectivity index (χ0) is 29.2. The summed E-state index contributed by atoms with van der Waals surface area (Å²) < 4.78 is 30.8. The van der Waals surface area contributed by atoms with Gasteiger partial charge in [-0.2, -0.15) is 0 Å². The third kappa shape index (κ3) is 8.67. The lowest BCUT2D eigenvalue weighted by molar-refractivity contribution is 0.133. The third-order valence-electron chi connectivity index (χ3n) is 7.61. The number of nitrogens with zero attached hydrogens (tertiary/aromatic N) is 1. The van der Waals surface area contributed by atoms with Crippen molar-refractivity contribution in [2.75, 3.05) is 20.1 Å². The molecule has 3 aromatic rings. The van der Waals surface area contributed by atoms with Crippen LogP contribution in [0.5, 0.6) is 17.2 Å². The fourth-order valence-electron chi connectivity index (χ4n) is 5.35. The summed E-state index contributed by atoms with van der Waals surface area (Å²) in [5, 5.41) is 20.2. The summed E-state index contributed by atoms with van der Waals surface area (Å²) in [4.78, 5) is 2.29. The van der Waals surface area contributed by atoms with Crippen LogP contribution in [0.2, 0.25) is 0 Å². The predicted molar refractivity (Wildman–Crippen MR) is 163 cm³/mol. The van der Waals surface area contributed by atoms with Crippen molar-refractivity contribution >= 4 is 17.2 Å². The number of aromatic hydroxyl groups is 2. The van der Waals surface area contributed by atoms with Crippen molar-refractivity contribution in [3.63, 3.8) is 0 Å². The topological polar surface area (TPSA) is 52.9 Å². The fraction of sp³-hybridized carbons (Fsp3) is 0.371. The van der Waals surface area contributed by atoms with Gasteiger partial charge in [-0.25, -0.2) is 8.78 Å². The van der Waals surface area contributed by atoms with Crippen molar-refractivity contribution in [2.24, 2.45) is 0 Å². The number of halogens is 2. The number of fused-ring (bicyclic) bond motifs is 1. The molecule has 0 spiro atoms. The third-order valence-corrected chi connectivity index (χ3v) is 7.61. The van der Waals surface area contributed by atoms with Crippen LogP contribution >= 0.6 is 0 Å². The minimum Gasteiger partial charge on any atom is -0.508 e. The Morgan fingerprint density at radius 3 is 2.32 bits per heavy atom. The lowest BCUT2D eigenvalue weighted by atomic mass is 9.86. The van der Waals surface area contributed by atoms with Gasteiger partial charge in [0.05, 0.1) is 0 Å². The van der Waals surface area contributed by atoms with E-state index in [0.717, 1.165) is 78.6 Å². The lowest BCUT2D eigenvalue weighted by Crippen LogP contribution is -2.19. The van der Waals surface area contributed by atoms with Crippen molar-refractivity contribution in [1.82, 2.24) is 4.90 Å². The Morgan fingerprint density at radius 1 is 0.878 bits per heavy atom. The standard InChI is InChI=1S/C35H41F2NO3/c1-25-31-24-30(40)19-20-32(31)41-35(34(25)28-12-9-13-29(39)23-28)27-17-15-26(16-18-27)11-10-22-38(2)21-8-6-4-3-5-7-14-33(36)37/h9-13,15-20,23-24,33,35,39-40H,3-8,14,21-22H2,1-2H3/b11-10+. The van der Waals surface area contributed by atoms with Crippen molar-refractivity contribution in [2.45, 2.75) is 64.4 Å². The Kier molecular flexibility index (Phi) is 11.0. The number of ether oxygens (including phenoxy) is 1. The van der Waals surface area contributed by atoms with Gasteiger partial charge in [0.25, 0.3) is 0 Å². The van der Waals surface area contributed by atoms with Crippen LogP contribution in [0.15, 0.2) is 72.8 Å². The van der Waals surface area contributed by atoms with Crippen LogP contribution in [-0.4, -0.2) is 41.7 Å². The molecule has 41 heavy (non-hydrogen) atoms. The molecule has 1 atom stereocenters. The summed E-state index contributed by atoms with van der Waals surface area (Å²) in [5.74, 6) is 1.09. The maximum absolute atomic E-state index is 12.2. The van der Waals surface area contributed by atoms with Crippen molar-refractivity contribution in [1.29, 1.82) is 0 Å². The Balaban J connectivity index is 1.35. The van der Waals surface area contributed by atoms with Gasteiger partial charge in [0, 0.05) is 24.1 Å². The number of allylic oxidation sites excluding steroid dienone is 1. The molecular weight excluding hydrogens is 520 g/mol. The molecule has 6 heteroatoms. The molecule has 3 aromatic carbocycles. The van der Waals surface area contributed by atoms with Gasteiger partial charge in [0.15, 0.2) is 0 Å². The number of unbranched alkanes of at least 4 members (excludes halogenated alkanes) is 5. The summed E-state index contributed by atoms with van der Waals surface area (Å²) in [6, 6.07) is 20.7. The number of phenols is 2. The minimum atomic E-state index is -2.17. The highest BCUT2D eigenvalue weighted by Crippen LogP contribution is 2.47. The van der Waals surface area contributed by atoms with E-state index in [1.54, 1.807) is 30.3 Å². The Labute approximate surface area is 242 Å². The maximum Gasteiger partial charge on any atom is 0.238 e. The molecule has 0 fully saturated rings. The van der Waals surface area contributed by atoms with E-state index in [2.05, 4.69) is 48.4 Å². The first kappa shape index (κ1) is 30.3. The summed E-state index contributed by atoms with van der Waals surface area (Å²) in [5.41, 5.74) is 5.78. The Morgan fingerprint density at radius 2 is 1.59 bits per heavy atom. The molecule has 4 rings (SSSR count). The summed E-state index contributed by atoms with van der Waals surface area (Å²) >= 11 is 0. The minimum absolute atomic E-state index is 0.0314. The number of alkyl halides is 2. The van der Waals surface area contributed by atoms with E-state index in [0.29, 0.717) is 12.2 Å². The molecule has 0 amide bonds. The second-order valence-electron chi connectivity index (χ2n) is 10.9. The van der Waals surface area contributed by atoms with Gasteiger partial charge in [-0.05, 0) is 86.0 Å². The average Bonchev–Trinajstić information content (AvgIpc) is 2.95. The smallest absolute Gasteiger partial charge is 0.238 e. The largest absolute Gasteiger partial charge is 0.508 e. The van der Waals surface area contributed by atoms with Gasteiger partial charge >= 0.3 is 0 Å². The van der Waals surface area contributed by atoms with Crippen molar-refractivity contribution < 1.29 is 23.7 Å². The molecule has 1 heterocycles. The summed E-state index contributed by atoms with van der Waals surface area (Å²) in [6.45, 7) is 3.90. The number of phenolic OH excluding ortho intramolecular Hbond substituents is 2. The monoisotopic (exact) mass is 561 g/mol. The highest BCUT2D eigenvalue weighted by Gasteiger charge is 2.29. The van der Waals surface area contributed by atoms with E-state index in [9.17, 15) is 19.0 Å². The number of hydrogen-bond donors (Lipinski definition) is 2. The second-order valence-corrected chi connectivity index (χ2v) is 10.9. The number of likely N-dealkylation sites (N-methyl/N-ethyl adjacent to an activating group) is 1. The first-order valence-corrected chi connectivity index (χ1v) is 14.5. The molecule has 1 unspecified atom stereocenters. The van der Waals surface area contributed by atoms with Gasteiger partial charge in [-0.1, -0.05) is 74.2 Å². The normalized spacial score (nSPS) is 15.1. The highest BCUT2D eigenvalue weighted by atomic mass is 19.3. The quantitative estimate of drug-likeness (QED) is 0.193. The van der Waals surface area contributed by atoms with Gasteiger partial charge in [0.1, 0.15) is 23.4 Å². The zero-order valence-electron chi connectivity index (χ0n) is 24.0. The lowest BCUT2D eigenvalue weighted by Gasteiger charge is -2.31. The Hall–Kier alpha value is -3.64. The summed E-state index contributed by atoms with van der Waals surface area (Å²) in [7, 11) is 2.12. The number of benzene rings is 3. The van der Waals surface area contributed by atoms with E-state index in [4.69, 9.17) is 4.74 Å². The molecule has 0 aromatic heterocycles. The molecule has 0 radical (unpaired) electrons. The van der Waals surface area contributed by atoms with Crippen LogP contribution in [0.1, 0.15) is 80.2 Å². The van der Waals surface area contributed by atoms with E-state index in [1.165, 1.54) is 0 Å². The van der Waals surface area contributed by atoms with Gasteiger partial charge in [0.2, 0.25) is 6.43 Å². The summed E-state index contributed by atoms with van der Waals surface area (Å²) in [6.07, 6.45) is 7.74. The van der Waals surface area contributed by atoms with Crippen LogP contribution in [0, 0.1) is 0 Å². The maximum atomic E-state index is 12.2. The molecule has 0 saturated carbocycles. The second kappa shape index (κ2) is 14.8. The highest BCUT2D eigenvalue weighted by molar-refractivity contribution is 5.95. The SMILES string of the molecule is CC1=C(c2cccc(O)c2)C(c2ccc(/C=C/CN(C)CCCCCCCCC(F)F)cc2)Oc2ccc(O)cc21. The van der Waals surface area contributed by atoms with Crippen LogP contribution in [0.25, 0.3) is 17.2 Å². The van der Waals surface area contributed by atoms with Crippen molar-refractivity contribution in [3.05, 3.63) is 95.1 Å². The fourth-order valence-corrected chi connectivity index (χ4v) is 5.35.